The van der Waals surface area contributed by atoms with Crippen LogP contribution < -0.4 is 15.0 Å². The third-order valence-corrected chi connectivity index (χ3v) is 4.71. The average Bonchev–Trinajstić information content (AvgIpc) is 2.66. The number of anilines is 1. The summed E-state index contributed by atoms with van der Waals surface area (Å²) in [7, 11) is 0. The number of ether oxygens (including phenoxy) is 1. The number of aromatic nitrogens is 2. The molecule has 1 fully saturated rings. The van der Waals surface area contributed by atoms with Crippen molar-refractivity contribution < 1.29 is 9.53 Å². The molecular formula is C18H20Cl2N4O2. The Labute approximate surface area is 162 Å². The minimum absolute atomic E-state index is 0.0117. The van der Waals surface area contributed by atoms with Crippen molar-refractivity contribution in [2.24, 2.45) is 5.92 Å². The smallest absolute Gasteiger partial charge is 0.223 e. The Morgan fingerprint density at radius 1 is 1.19 bits per heavy atom. The van der Waals surface area contributed by atoms with Gasteiger partial charge in [0, 0.05) is 24.0 Å². The van der Waals surface area contributed by atoms with Gasteiger partial charge in [-0.2, -0.15) is 0 Å². The fourth-order valence-corrected chi connectivity index (χ4v) is 3.17. The monoisotopic (exact) mass is 394 g/mol. The maximum Gasteiger partial charge on any atom is 0.223 e. The number of hydrogen-bond acceptors (Lipinski definition) is 5. The Morgan fingerprint density at radius 2 is 2.00 bits per heavy atom. The van der Waals surface area contributed by atoms with Crippen LogP contribution in [0.3, 0.4) is 0 Å². The predicted molar refractivity (Wildman–Crippen MR) is 102 cm³/mol. The van der Waals surface area contributed by atoms with Gasteiger partial charge in [0.15, 0.2) is 11.0 Å². The molecule has 0 unspecified atom stereocenters. The third kappa shape index (κ3) is 5.22. The number of hydrogen-bond donors (Lipinski definition) is 1. The Kier molecular flexibility index (Phi) is 6.52. The van der Waals surface area contributed by atoms with Gasteiger partial charge in [-0.3, -0.25) is 4.79 Å². The zero-order chi connectivity index (χ0) is 18.4. The van der Waals surface area contributed by atoms with Gasteiger partial charge in [0.05, 0.1) is 6.54 Å². The summed E-state index contributed by atoms with van der Waals surface area (Å²) in [6, 6.07) is 10.8. The average molecular weight is 395 g/mol. The van der Waals surface area contributed by atoms with Crippen molar-refractivity contribution in [3.8, 4) is 5.75 Å². The van der Waals surface area contributed by atoms with Crippen molar-refractivity contribution in [1.82, 2.24) is 15.5 Å². The SMILES string of the molecule is O=C(NCCOc1cccc(Cl)c1)C1CCN(c2ccc(Cl)nn2)CC1. The Bertz CT molecular complexity index is 734. The molecule has 0 radical (unpaired) electrons. The van der Waals surface area contributed by atoms with Crippen LogP contribution in [-0.2, 0) is 4.79 Å². The fraction of sp³-hybridized carbons (Fsp3) is 0.389. The second kappa shape index (κ2) is 9.05. The summed E-state index contributed by atoms with van der Waals surface area (Å²) >= 11 is 11.7. The summed E-state index contributed by atoms with van der Waals surface area (Å²) in [6.45, 7) is 2.42. The summed E-state index contributed by atoms with van der Waals surface area (Å²) in [6.07, 6.45) is 1.57. The molecule has 1 amide bonds. The minimum Gasteiger partial charge on any atom is -0.492 e. The van der Waals surface area contributed by atoms with E-state index >= 15 is 0 Å². The van der Waals surface area contributed by atoms with E-state index in [4.69, 9.17) is 27.9 Å². The van der Waals surface area contributed by atoms with E-state index in [0.29, 0.717) is 29.1 Å². The van der Waals surface area contributed by atoms with Gasteiger partial charge in [0.25, 0.3) is 0 Å². The Morgan fingerprint density at radius 3 is 2.69 bits per heavy atom. The molecule has 6 nitrogen and oxygen atoms in total. The van der Waals surface area contributed by atoms with Gasteiger partial charge < -0.3 is 15.0 Å². The van der Waals surface area contributed by atoms with Gasteiger partial charge in [-0.25, -0.2) is 0 Å². The van der Waals surface area contributed by atoms with Crippen LogP contribution in [0, 0.1) is 5.92 Å². The van der Waals surface area contributed by atoms with Crippen LogP contribution in [0.1, 0.15) is 12.8 Å². The maximum atomic E-state index is 12.3. The molecule has 0 atom stereocenters. The Hall–Kier alpha value is -2.05. The molecule has 3 rings (SSSR count). The van der Waals surface area contributed by atoms with Crippen molar-refractivity contribution in [2.45, 2.75) is 12.8 Å². The molecule has 2 heterocycles. The van der Waals surface area contributed by atoms with Gasteiger partial charge in [-0.15, -0.1) is 10.2 Å². The Balaban J connectivity index is 1.37. The molecule has 0 aliphatic carbocycles. The van der Waals surface area contributed by atoms with E-state index in [-0.39, 0.29) is 11.8 Å². The molecule has 0 saturated carbocycles. The van der Waals surface area contributed by atoms with Gasteiger partial charge in [0.2, 0.25) is 5.91 Å². The van der Waals surface area contributed by atoms with Gasteiger partial charge in [-0.1, -0.05) is 29.3 Å². The molecule has 0 spiro atoms. The van der Waals surface area contributed by atoms with Crippen molar-refractivity contribution >= 4 is 34.9 Å². The second-order valence-electron chi connectivity index (χ2n) is 6.07. The van der Waals surface area contributed by atoms with Crippen molar-refractivity contribution in [1.29, 1.82) is 0 Å². The number of nitrogens with zero attached hydrogens (tertiary/aromatic N) is 3. The lowest BCUT2D eigenvalue weighted by Crippen LogP contribution is -2.41. The standard InChI is InChI=1S/C18H20Cl2N4O2/c19-14-2-1-3-15(12-14)26-11-8-21-18(25)13-6-9-24(10-7-13)17-5-4-16(20)22-23-17/h1-5,12-13H,6-11H2,(H,21,25). The van der Waals surface area contributed by atoms with Crippen LogP contribution in [0.5, 0.6) is 5.75 Å². The summed E-state index contributed by atoms with van der Waals surface area (Å²) in [5.74, 6) is 1.58. The highest BCUT2D eigenvalue weighted by molar-refractivity contribution is 6.30. The third-order valence-electron chi connectivity index (χ3n) is 4.27. The summed E-state index contributed by atoms with van der Waals surface area (Å²) < 4.78 is 5.58. The molecule has 1 saturated heterocycles. The maximum absolute atomic E-state index is 12.3. The number of rotatable bonds is 6. The molecule has 1 aliphatic heterocycles. The molecule has 1 N–H and O–H groups in total. The molecule has 8 heteroatoms. The van der Waals surface area contributed by atoms with Crippen molar-refractivity contribution in [3.05, 3.63) is 46.6 Å². The molecule has 1 aromatic carbocycles. The van der Waals surface area contributed by atoms with Crippen molar-refractivity contribution in [3.63, 3.8) is 0 Å². The number of carbonyl (C=O) groups excluding carboxylic acids is 1. The van der Waals surface area contributed by atoms with E-state index in [9.17, 15) is 4.79 Å². The zero-order valence-corrected chi connectivity index (χ0v) is 15.7. The van der Waals surface area contributed by atoms with Gasteiger partial charge in [-0.05, 0) is 43.2 Å². The topological polar surface area (TPSA) is 67.3 Å². The molecular weight excluding hydrogens is 375 g/mol. The number of carbonyl (C=O) groups is 1. The first-order chi connectivity index (χ1) is 12.6. The summed E-state index contributed by atoms with van der Waals surface area (Å²) in [4.78, 5) is 14.4. The van der Waals surface area contributed by atoms with Crippen LogP contribution in [-0.4, -0.2) is 42.3 Å². The quantitative estimate of drug-likeness (QED) is 0.761. The molecule has 138 valence electrons. The van der Waals surface area contributed by atoms with Gasteiger partial charge >= 0.3 is 0 Å². The van der Waals surface area contributed by atoms with Crippen LogP contribution in [0.4, 0.5) is 5.82 Å². The van der Waals surface area contributed by atoms with Crippen LogP contribution >= 0.6 is 23.2 Å². The highest BCUT2D eigenvalue weighted by Crippen LogP contribution is 2.22. The number of benzene rings is 1. The normalized spacial score (nSPS) is 14.9. The van der Waals surface area contributed by atoms with Gasteiger partial charge in [0.1, 0.15) is 12.4 Å². The van der Waals surface area contributed by atoms with E-state index in [2.05, 4.69) is 20.4 Å². The molecule has 0 bridgehead atoms. The number of halogens is 2. The lowest BCUT2D eigenvalue weighted by atomic mass is 9.96. The summed E-state index contributed by atoms with van der Waals surface area (Å²) in [5, 5.41) is 11.9. The first kappa shape index (κ1) is 18.7. The fourth-order valence-electron chi connectivity index (χ4n) is 2.89. The van der Waals surface area contributed by atoms with E-state index in [1.807, 2.05) is 18.2 Å². The molecule has 1 aromatic heterocycles. The molecule has 2 aromatic rings. The van der Waals surface area contributed by atoms with Crippen LogP contribution in [0.25, 0.3) is 0 Å². The second-order valence-corrected chi connectivity index (χ2v) is 6.90. The molecule has 1 aliphatic rings. The predicted octanol–water partition coefficient (Wildman–Crippen LogP) is 3.20. The number of amides is 1. The number of nitrogens with one attached hydrogen (secondary N) is 1. The van der Waals surface area contributed by atoms with Crippen LogP contribution in [0.15, 0.2) is 36.4 Å². The first-order valence-electron chi connectivity index (χ1n) is 8.52. The summed E-state index contributed by atoms with van der Waals surface area (Å²) in [5.41, 5.74) is 0. The molecule has 26 heavy (non-hydrogen) atoms. The highest BCUT2D eigenvalue weighted by Gasteiger charge is 2.25. The largest absolute Gasteiger partial charge is 0.492 e. The lowest BCUT2D eigenvalue weighted by molar-refractivity contribution is -0.125. The van der Waals surface area contributed by atoms with Crippen molar-refractivity contribution in [2.75, 3.05) is 31.1 Å². The number of piperidine rings is 1. The minimum atomic E-state index is 0.0117. The van der Waals surface area contributed by atoms with E-state index in [0.717, 1.165) is 31.7 Å². The first-order valence-corrected chi connectivity index (χ1v) is 9.27. The van der Waals surface area contributed by atoms with E-state index in [1.54, 1.807) is 18.2 Å². The van der Waals surface area contributed by atoms with Crippen LogP contribution in [0.2, 0.25) is 10.2 Å². The van der Waals surface area contributed by atoms with E-state index < -0.39 is 0 Å². The zero-order valence-electron chi connectivity index (χ0n) is 14.2. The van der Waals surface area contributed by atoms with E-state index in [1.165, 1.54) is 0 Å². The lowest BCUT2D eigenvalue weighted by Gasteiger charge is -2.31. The highest BCUT2D eigenvalue weighted by atomic mass is 35.5.